The first-order chi connectivity index (χ1) is 9.36. The van der Waals surface area contributed by atoms with E-state index >= 15 is 0 Å². The summed E-state index contributed by atoms with van der Waals surface area (Å²) in [4.78, 5) is 22.7. The molecule has 0 unspecified atom stereocenters. The monoisotopic (exact) mass is 279 g/mol. The van der Waals surface area contributed by atoms with E-state index < -0.39 is 17.9 Å². The smallest absolute Gasteiger partial charge is 0.326 e. The standard InChI is InChI=1S/C14H21N3O3/c1-5-6-12(14(19)20)15-13(18)8-7-11-9(2)16-17(4)10(11)3/h7-8,12H,5-6H2,1-4H3,(H,15,18)(H,19,20)/b8-7+/t12-/m0/s1. The molecule has 1 aromatic heterocycles. The second-order valence-corrected chi connectivity index (χ2v) is 4.73. The van der Waals surface area contributed by atoms with E-state index in [-0.39, 0.29) is 0 Å². The Kier molecular flexibility index (Phi) is 5.49. The maximum atomic E-state index is 11.7. The SMILES string of the molecule is CCC[C@H](NC(=O)/C=C/c1c(C)nn(C)c1C)C(=O)O. The molecular formula is C14H21N3O3. The molecular weight excluding hydrogens is 258 g/mol. The van der Waals surface area contributed by atoms with Crippen molar-refractivity contribution in [2.75, 3.05) is 0 Å². The van der Waals surface area contributed by atoms with Gasteiger partial charge < -0.3 is 10.4 Å². The van der Waals surface area contributed by atoms with Crippen molar-refractivity contribution in [2.24, 2.45) is 7.05 Å². The van der Waals surface area contributed by atoms with E-state index in [9.17, 15) is 9.59 Å². The maximum Gasteiger partial charge on any atom is 0.326 e. The summed E-state index contributed by atoms with van der Waals surface area (Å²) in [5.74, 6) is -1.42. The largest absolute Gasteiger partial charge is 0.480 e. The van der Waals surface area contributed by atoms with Gasteiger partial charge in [-0.25, -0.2) is 4.79 Å². The van der Waals surface area contributed by atoms with Gasteiger partial charge in [-0.15, -0.1) is 0 Å². The van der Waals surface area contributed by atoms with Crippen molar-refractivity contribution < 1.29 is 14.7 Å². The number of amides is 1. The van der Waals surface area contributed by atoms with Gasteiger partial charge in [0.1, 0.15) is 6.04 Å². The molecule has 0 aliphatic carbocycles. The summed E-state index contributed by atoms with van der Waals surface area (Å²) in [7, 11) is 1.83. The predicted molar refractivity (Wildman–Crippen MR) is 76.2 cm³/mol. The van der Waals surface area contributed by atoms with E-state index in [2.05, 4.69) is 10.4 Å². The van der Waals surface area contributed by atoms with E-state index in [0.29, 0.717) is 12.8 Å². The van der Waals surface area contributed by atoms with E-state index in [1.54, 1.807) is 10.8 Å². The average molecular weight is 279 g/mol. The molecule has 110 valence electrons. The lowest BCUT2D eigenvalue weighted by Crippen LogP contribution is -2.39. The van der Waals surface area contributed by atoms with E-state index in [1.807, 2.05) is 27.8 Å². The van der Waals surface area contributed by atoms with Crippen molar-refractivity contribution in [1.29, 1.82) is 0 Å². The molecule has 1 aromatic rings. The molecule has 0 radical (unpaired) electrons. The fourth-order valence-electron chi connectivity index (χ4n) is 1.96. The van der Waals surface area contributed by atoms with Gasteiger partial charge in [0, 0.05) is 24.4 Å². The molecule has 0 bridgehead atoms. The first kappa shape index (κ1) is 15.9. The maximum absolute atomic E-state index is 11.7. The van der Waals surface area contributed by atoms with Gasteiger partial charge in [-0.2, -0.15) is 5.10 Å². The summed E-state index contributed by atoms with van der Waals surface area (Å²) >= 11 is 0. The number of carbonyl (C=O) groups excluding carboxylic acids is 1. The van der Waals surface area contributed by atoms with Crippen LogP contribution in [0.2, 0.25) is 0 Å². The molecule has 0 aliphatic rings. The van der Waals surface area contributed by atoms with Gasteiger partial charge in [0.15, 0.2) is 0 Å². The Morgan fingerprint density at radius 1 is 1.45 bits per heavy atom. The van der Waals surface area contributed by atoms with Gasteiger partial charge in [0.05, 0.1) is 5.69 Å². The molecule has 2 N–H and O–H groups in total. The summed E-state index contributed by atoms with van der Waals surface area (Å²) in [6, 6.07) is -0.840. The zero-order valence-electron chi connectivity index (χ0n) is 12.3. The minimum atomic E-state index is -1.01. The Balaban J connectivity index is 2.74. The highest BCUT2D eigenvalue weighted by molar-refractivity contribution is 5.94. The number of aromatic nitrogens is 2. The van der Waals surface area contributed by atoms with Crippen LogP contribution in [0.4, 0.5) is 0 Å². The Labute approximate surface area is 118 Å². The number of aryl methyl sites for hydroxylation is 2. The van der Waals surface area contributed by atoms with E-state index in [0.717, 1.165) is 17.0 Å². The summed E-state index contributed by atoms with van der Waals surface area (Å²) in [6.07, 6.45) is 4.13. The first-order valence-electron chi connectivity index (χ1n) is 6.58. The molecule has 0 aliphatic heterocycles. The summed E-state index contributed by atoms with van der Waals surface area (Å²) in [6.45, 7) is 5.65. The molecule has 1 amide bonds. The van der Waals surface area contributed by atoms with Crippen molar-refractivity contribution in [3.05, 3.63) is 23.0 Å². The molecule has 6 heteroatoms. The number of hydrogen-bond acceptors (Lipinski definition) is 3. The van der Waals surface area contributed by atoms with E-state index in [4.69, 9.17) is 5.11 Å². The number of nitrogens with one attached hydrogen (secondary N) is 1. The van der Waals surface area contributed by atoms with Gasteiger partial charge >= 0.3 is 5.97 Å². The lowest BCUT2D eigenvalue weighted by Gasteiger charge is -2.11. The molecule has 0 spiro atoms. The Hall–Kier alpha value is -2.11. The minimum Gasteiger partial charge on any atom is -0.480 e. The average Bonchev–Trinajstić information content (AvgIpc) is 2.60. The number of carboxylic acid groups (broad SMARTS) is 1. The molecule has 0 fully saturated rings. The van der Waals surface area contributed by atoms with Crippen molar-refractivity contribution in [3.63, 3.8) is 0 Å². The van der Waals surface area contributed by atoms with Crippen LogP contribution in [0.15, 0.2) is 6.08 Å². The van der Waals surface area contributed by atoms with Crippen LogP contribution in [0.1, 0.15) is 36.7 Å². The van der Waals surface area contributed by atoms with E-state index in [1.165, 1.54) is 6.08 Å². The molecule has 6 nitrogen and oxygen atoms in total. The first-order valence-corrected chi connectivity index (χ1v) is 6.58. The Morgan fingerprint density at radius 3 is 2.55 bits per heavy atom. The lowest BCUT2D eigenvalue weighted by molar-refractivity contribution is -0.141. The van der Waals surface area contributed by atoms with Gasteiger partial charge in [0.2, 0.25) is 5.91 Å². The zero-order chi connectivity index (χ0) is 15.3. The van der Waals surface area contributed by atoms with Crippen LogP contribution in [0.5, 0.6) is 0 Å². The zero-order valence-corrected chi connectivity index (χ0v) is 12.3. The van der Waals surface area contributed by atoms with Gasteiger partial charge in [0.25, 0.3) is 0 Å². The highest BCUT2D eigenvalue weighted by atomic mass is 16.4. The normalized spacial score (nSPS) is 12.6. The fraction of sp³-hybridized carbons (Fsp3) is 0.500. The van der Waals surface area contributed by atoms with Crippen LogP contribution in [0, 0.1) is 13.8 Å². The summed E-state index contributed by atoms with van der Waals surface area (Å²) < 4.78 is 1.74. The number of rotatable bonds is 6. The highest BCUT2D eigenvalue weighted by Gasteiger charge is 2.17. The third-order valence-corrected chi connectivity index (χ3v) is 3.16. The fourth-order valence-corrected chi connectivity index (χ4v) is 1.96. The second kappa shape index (κ2) is 6.88. The number of carboxylic acids is 1. The van der Waals surface area contributed by atoms with Crippen molar-refractivity contribution >= 4 is 18.0 Å². The third kappa shape index (κ3) is 3.94. The van der Waals surface area contributed by atoms with Gasteiger partial charge in [-0.05, 0) is 26.3 Å². The molecule has 0 aromatic carbocycles. The van der Waals surface area contributed by atoms with Crippen LogP contribution >= 0.6 is 0 Å². The summed E-state index contributed by atoms with van der Waals surface area (Å²) in [5, 5.41) is 15.7. The van der Waals surface area contributed by atoms with Crippen LogP contribution in [0.25, 0.3) is 6.08 Å². The van der Waals surface area contributed by atoms with Crippen LogP contribution < -0.4 is 5.32 Å². The van der Waals surface area contributed by atoms with Crippen LogP contribution in [-0.2, 0) is 16.6 Å². The molecule has 0 saturated heterocycles. The topological polar surface area (TPSA) is 84.2 Å². The van der Waals surface area contributed by atoms with Gasteiger partial charge in [-0.3, -0.25) is 9.48 Å². The minimum absolute atomic E-state index is 0.409. The third-order valence-electron chi connectivity index (χ3n) is 3.16. The highest BCUT2D eigenvalue weighted by Crippen LogP contribution is 2.13. The number of hydrogen-bond donors (Lipinski definition) is 2. The molecule has 1 atom stereocenters. The molecule has 20 heavy (non-hydrogen) atoms. The number of nitrogens with zero attached hydrogens (tertiary/aromatic N) is 2. The molecule has 1 heterocycles. The predicted octanol–water partition coefficient (Wildman–Crippen LogP) is 1.42. The van der Waals surface area contributed by atoms with Crippen molar-refractivity contribution in [2.45, 2.75) is 39.7 Å². The second-order valence-electron chi connectivity index (χ2n) is 4.73. The van der Waals surface area contributed by atoms with Crippen molar-refractivity contribution in [3.8, 4) is 0 Å². The molecule has 0 saturated carbocycles. The Morgan fingerprint density at radius 2 is 2.10 bits per heavy atom. The molecule has 1 rings (SSSR count). The van der Waals surface area contributed by atoms with Crippen LogP contribution in [-0.4, -0.2) is 32.8 Å². The quantitative estimate of drug-likeness (QED) is 0.771. The summed E-state index contributed by atoms with van der Waals surface area (Å²) in [5.41, 5.74) is 2.66. The van der Waals surface area contributed by atoms with Crippen molar-refractivity contribution in [1.82, 2.24) is 15.1 Å². The number of carbonyl (C=O) groups is 2. The Bertz CT molecular complexity index is 532. The van der Waals surface area contributed by atoms with Crippen LogP contribution in [0.3, 0.4) is 0 Å². The number of aliphatic carboxylic acids is 1. The van der Waals surface area contributed by atoms with Gasteiger partial charge in [-0.1, -0.05) is 13.3 Å². The lowest BCUT2D eigenvalue weighted by atomic mass is 10.1.